The van der Waals surface area contributed by atoms with Gasteiger partial charge in [-0.1, -0.05) is 68.9 Å². The molecule has 1 aromatic carbocycles. The Labute approximate surface area is 140 Å². The maximum Gasteiger partial charge on any atom is 0.336 e. The van der Waals surface area contributed by atoms with Crippen molar-refractivity contribution in [3.05, 3.63) is 35.4 Å². The van der Waals surface area contributed by atoms with Crippen LogP contribution in [-0.2, 0) is 16.0 Å². The van der Waals surface area contributed by atoms with Crippen LogP contribution < -0.4 is 0 Å². The fourth-order valence-corrected chi connectivity index (χ4v) is 2.68. The summed E-state index contributed by atoms with van der Waals surface area (Å²) in [6.07, 6.45) is 9.03. The van der Waals surface area contributed by atoms with Gasteiger partial charge in [-0.25, -0.2) is 4.79 Å². The molecule has 1 aromatic rings. The number of ether oxygens (including phenoxy) is 1. The van der Waals surface area contributed by atoms with Crippen LogP contribution in [0.25, 0.3) is 0 Å². The smallest absolute Gasteiger partial charge is 0.336 e. The zero-order chi connectivity index (χ0) is 16.5. The van der Waals surface area contributed by atoms with Gasteiger partial charge in [0, 0.05) is 0 Å². The number of nitrogens with zero attached hydrogens (tertiary/aromatic N) is 1. The SMILES string of the molecule is CCCCCCCCOC(=O)C1N=C1CCc1ccc(C)cc1. The Morgan fingerprint density at radius 2 is 1.74 bits per heavy atom. The highest BCUT2D eigenvalue weighted by atomic mass is 16.5. The molecule has 0 spiro atoms. The van der Waals surface area contributed by atoms with Crippen molar-refractivity contribution < 1.29 is 9.53 Å². The van der Waals surface area contributed by atoms with Crippen LogP contribution in [0.5, 0.6) is 0 Å². The highest BCUT2D eigenvalue weighted by Crippen LogP contribution is 2.19. The highest BCUT2D eigenvalue weighted by Gasteiger charge is 2.35. The summed E-state index contributed by atoms with van der Waals surface area (Å²) in [5.74, 6) is -0.155. The van der Waals surface area contributed by atoms with Gasteiger partial charge in [-0.3, -0.25) is 4.99 Å². The molecule has 1 atom stereocenters. The van der Waals surface area contributed by atoms with E-state index in [0.717, 1.165) is 31.4 Å². The third kappa shape index (κ3) is 6.55. The summed E-state index contributed by atoms with van der Waals surface area (Å²) in [6, 6.07) is 8.25. The van der Waals surface area contributed by atoms with Gasteiger partial charge in [0.05, 0.1) is 12.3 Å². The summed E-state index contributed by atoms with van der Waals surface area (Å²) in [4.78, 5) is 16.1. The highest BCUT2D eigenvalue weighted by molar-refractivity contribution is 6.16. The first-order chi connectivity index (χ1) is 11.2. The molecule has 2 rings (SSSR count). The largest absolute Gasteiger partial charge is 0.464 e. The maximum absolute atomic E-state index is 11.9. The van der Waals surface area contributed by atoms with Gasteiger partial charge in [0.15, 0.2) is 6.04 Å². The maximum atomic E-state index is 11.9. The molecule has 1 unspecified atom stereocenters. The lowest BCUT2D eigenvalue weighted by Gasteiger charge is -2.04. The molecule has 3 heteroatoms. The van der Waals surface area contributed by atoms with Crippen molar-refractivity contribution in [1.29, 1.82) is 0 Å². The second-order valence-corrected chi connectivity index (χ2v) is 6.44. The van der Waals surface area contributed by atoms with Crippen LogP contribution in [0.1, 0.15) is 63.0 Å². The second kappa shape index (κ2) is 9.49. The predicted molar refractivity (Wildman–Crippen MR) is 95.1 cm³/mol. The van der Waals surface area contributed by atoms with Gasteiger partial charge in [-0.15, -0.1) is 0 Å². The molecular formula is C20H29NO2. The molecule has 0 fully saturated rings. The lowest BCUT2D eigenvalue weighted by molar-refractivity contribution is -0.142. The minimum Gasteiger partial charge on any atom is -0.464 e. The molecule has 3 nitrogen and oxygen atoms in total. The predicted octanol–water partition coefficient (Wildman–Crippen LogP) is 4.65. The lowest BCUT2D eigenvalue weighted by atomic mass is 10.1. The average Bonchev–Trinajstić information content (AvgIpc) is 3.33. The number of aliphatic imine (C=N–C) groups is 1. The number of rotatable bonds is 11. The molecule has 1 aliphatic rings. The van der Waals surface area contributed by atoms with Gasteiger partial charge < -0.3 is 4.74 Å². The summed E-state index contributed by atoms with van der Waals surface area (Å²) < 4.78 is 5.32. The van der Waals surface area contributed by atoms with Crippen LogP contribution in [0.2, 0.25) is 0 Å². The molecule has 0 aliphatic carbocycles. The van der Waals surface area contributed by atoms with E-state index in [9.17, 15) is 4.79 Å². The molecule has 0 amide bonds. The molecule has 0 aromatic heterocycles. The zero-order valence-electron chi connectivity index (χ0n) is 14.5. The van der Waals surface area contributed by atoms with Crippen molar-refractivity contribution in [1.82, 2.24) is 0 Å². The number of unbranched alkanes of at least 4 members (excludes halogenated alkanes) is 5. The zero-order valence-corrected chi connectivity index (χ0v) is 14.5. The van der Waals surface area contributed by atoms with Gasteiger partial charge in [-0.2, -0.15) is 0 Å². The molecular weight excluding hydrogens is 286 g/mol. The first-order valence-corrected chi connectivity index (χ1v) is 8.99. The van der Waals surface area contributed by atoms with Gasteiger partial charge in [0.25, 0.3) is 0 Å². The fourth-order valence-electron chi connectivity index (χ4n) is 2.68. The minimum atomic E-state index is -0.277. The number of hydrogen-bond acceptors (Lipinski definition) is 3. The van der Waals surface area contributed by atoms with E-state index in [1.807, 2.05) is 0 Å². The summed E-state index contributed by atoms with van der Waals surface area (Å²) in [5, 5.41) is 0. The van der Waals surface area contributed by atoms with Crippen LogP contribution in [0.3, 0.4) is 0 Å². The molecule has 0 radical (unpaired) electrons. The second-order valence-electron chi connectivity index (χ2n) is 6.44. The van der Waals surface area contributed by atoms with E-state index in [1.54, 1.807) is 0 Å². The van der Waals surface area contributed by atoms with Crippen LogP contribution >= 0.6 is 0 Å². The Balaban J connectivity index is 1.52. The van der Waals surface area contributed by atoms with Gasteiger partial charge >= 0.3 is 5.97 Å². The van der Waals surface area contributed by atoms with E-state index in [2.05, 4.69) is 43.1 Å². The Bertz CT molecular complexity index is 519. The summed E-state index contributed by atoms with van der Waals surface area (Å²) in [7, 11) is 0. The molecule has 0 saturated carbocycles. The molecule has 0 bridgehead atoms. The first kappa shape index (κ1) is 17.7. The van der Waals surface area contributed by atoms with E-state index < -0.39 is 0 Å². The van der Waals surface area contributed by atoms with Crippen LogP contribution in [-0.4, -0.2) is 24.3 Å². The van der Waals surface area contributed by atoms with Gasteiger partial charge in [0.1, 0.15) is 0 Å². The van der Waals surface area contributed by atoms with Crippen molar-refractivity contribution in [3.63, 3.8) is 0 Å². The normalized spacial score (nSPS) is 16.1. The van der Waals surface area contributed by atoms with Crippen molar-refractivity contribution in [2.75, 3.05) is 6.61 Å². The van der Waals surface area contributed by atoms with E-state index in [0.29, 0.717) is 6.61 Å². The van der Waals surface area contributed by atoms with Gasteiger partial charge in [-0.05, 0) is 31.7 Å². The van der Waals surface area contributed by atoms with Crippen LogP contribution in [0.4, 0.5) is 0 Å². The first-order valence-electron chi connectivity index (χ1n) is 8.99. The molecule has 23 heavy (non-hydrogen) atoms. The fraction of sp³-hybridized carbons (Fsp3) is 0.600. The third-order valence-corrected chi connectivity index (χ3v) is 4.30. The Kier molecular flexibility index (Phi) is 7.31. The van der Waals surface area contributed by atoms with Crippen molar-refractivity contribution in [2.45, 2.75) is 71.3 Å². The number of aryl methyl sites for hydroxylation is 2. The quantitative estimate of drug-likeness (QED) is 0.440. The molecule has 1 heterocycles. The number of esters is 1. The van der Waals surface area contributed by atoms with Crippen LogP contribution in [0.15, 0.2) is 29.3 Å². The Morgan fingerprint density at radius 1 is 1.04 bits per heavy atom. The van der Waals surface area contributed by atoms with E-state index >= 15 is 0 Å². The topological polar surface area (TPSA) is 38.7 Å². The van der Waals surface area contributed by atoms with E-state index in [1.165, 1.54) is 36.8 Å². The molecule has 0 N–H and O–H groups in total. The third-order valence-electron chi connectivity index (χ3n) is 4.30. The summed E-state index contributed by atoms with van der Waals surface area (Å²) in [5.41, 5.74) is 3.57. The standard InChI is InChI=1S/C20H29NO2/c1-3-4-5-6-7-8-15-23-20(22)19-18(21-19)14-13-17-11-9-16(2)10-12-17/h9-12,19H,3-8,13-15H2,1-2H3. The summed E-state index contributed by atoms with van der Waals surface area (Å²) in [6.45, 7) is 4.85. The van der Waals surface area contributed by atoms with Crippen molar-refractivity contribution >= 4 is 11.7 Å². The lowest BCUT2D eigenvalue weighted by Crippen LogP contribution is -2.17. The number of benzene rings is 1. The Hall–Kier alpha value is -1.64. The minimum absolute atomic E-state index is 0.155. The number of hydrogen-bond donors (Lipinski definition) is 0. The number of carbonyl (C=O) groups excluding carboxylic acids is 1. The van der Waals surface area contributed by atoms with Crippen molar-refractivity contribution in [3.8, 4) is 0 Å². The average molecular weight is 315 g/mol. The molecule has 0 saturated heterocycles. The van der Waals surface area contributed by atoms with Crippen LogP contribution in [0, 0.1) is 6.92 Å². The molecule has 126 valence electrons. The Morgan fingerprint density at radius 3 is 2.48 bits per heavy atom. The van der Waals surface area contributed by atoms with E-state index in [4.69, 9.17) is 4.74 Å². The molecule has 1 aliphatic heterocycles. The number of carbonyl (C=O) groups is 1. The van der Waals surface area contributed by atoms with Crippen molar-refractivity contribution in [2.24, 2.45) is 4.99 Å². The monoisotopic (exact) mass is 315 g/mol. The van der Waals surface area contributed by atoms with E-state index in [-0.39, 0.29) is 12.0 Å². The summed E-state index contributed by atoms with van der Waals surface area (Å²) >= 11 is 0. The van der Waals surface area contributed by atoms with Gasteiger partial charge in [0.2, 0.25) is 0 Å².